The minimum atomic E-state index is -0.173. The van der Waals surface area contributed by atoms with E-state index in [9.17, 15) is 4.79 Å². The molecule has 4 nitrogen and oxygen atoms in total. The van der Waals surface area contributed by atoms with E-state index in [0.717, 1.165) is 16.8 Å². The van der Waals surface area contributed by atoms with Crippen molar-refractivity contribution in [1.82, 2.24) is 5.01 Å². The van der Waals surface area contributed by atoms with Gasteiger partial charge in [0.1, 0.15) is 6.04 Å². The Kier molecular flexibility index (Phi) is 3.27. The summed E-state index contributed by atoms with van der Waals surface area (Å²) >= 11 is 1.45. The Balaban J connectivity index is 1.84. The second-order valence-electron chi connectivity index (χ2n) is 5.07. The van der Waals surface area contributed by atoms with Gasteiger partial charge in [-0.05, 0) is 5.56 Å². The van der Waals surface area contributed by atoms with Gasteiger partial charge in [-0.15, -0.1) is 0 Å². The maximum Gasteiger partial charge on any atom is 0.259 e. The Morgan fingerprint density at radius 2 is 1.68 bits per heavy atom. The lowest BCUT2D eigenvalue weighted by Crippen LogP contribution is -2.32. The highest BCUT2D eigenvalue weighted by atomic mass is 32.2. The van der Waals surface area contributed by atoms with Crippen LogP contribution < -0.4 is 0 Å². The highest BCUT2D eigenvalue weighted by molar-refractivity contribution is 8.15. The molecule has 0 aromatic heterocycles. The van der Waals surface area contributed by atoms with Crippen molar-refractivity contribution < 1.29 is 4.79 Å². The highest BCUT2D eigenvalue weighted by Gasteiger charge is 2.35. The van der Waals surface area contributed by atoms with E-state index < -0.39 is 0 Å². The number of rotatable bonds is 2. The van der Waals surface area contributed by atoms with Crippen molar-refractivity contribution in [2.45, 2.75) is 6.04 Å². The van der Waals surface area contributed by atoms with Gasteiger partial charge in [0.15, 0.2) is 5.17 Å². The Morgan fingerprint density at radius 3 is 2.41 bits per heavy atom. The van der Waals surface area contributed by atoms with Crippen LogP contribution in [0.15, 0.2) is 70.8 Å². The molecule has 1 atom stereocenters. The number of hydrazone groups is 1. The van der Waals surface area contributed by atoms with E-state index in [2.05, 4.69) is 5.10 Å². The van der Waals surface area contributed by atoms with Gasteiger partial charge in [-0.25, -0.2) is 4.99 Å². The molecule has 22 heavy (non-hydrogen) atoms. The normalized spacial score (nSPS) is 20.5. The number of carbonyl (C=O) groups is 1. The van der Waals surface area contributed by atoms with Crippen LogP contribution in [-0.4, -0.2) is 27.5 Å². The number of aliphatic imine (C=N–C) groups is 1. The van der Waals surface area contributed by atoms with E-state index in [0.29, 0.717) is 10.9 Å². The molecule has 1 amide bonds. The third-order valence-electron chi connectivity index (χ3n) is 3.63. The zero-order chi connectivity index (χ0) is 14.9. The quantitative estimate of drug-likeness (QED) is 0.856. The molecule has 5 heteroatoms. The van der Waals surface area contributed by atoms with E-state index >= 15 is 0 Å². The molecule has 4 rings (SSSR count). The van der Waals surface area contributed by atoms with Crippen molar-refractivity contribution in [3.63, 3.8) is 0 Å². The van der Waals surface area contributed by atoms with Crippen molar-refractivity contribution in [3.05, 3.63) is 71.8 Å². The molecule has 1 saturated heterocycles. The summed E-state index contributed by atoms with van der Waals surface area (Å²) in [5, 5.41) is 6.73. The number of hydrogen-bond acceptors (Lipinski definition) is 4. The van der Waals surface area contributed by atoms with Gasteiger partial charge in [0.05, 0.1) is 11.5 Å². The largest absolute Gasteiger partial charge is 0.271 e. The molecular formula is C17H13N3OS. The van der Waals surface area contributed by atoms with Crippen LogP contribution in [0.25, 0.3) is 0 Å². The monoisotopic (exact) mass is 307 g/mol. The van der Waals surface area contributed by atoms with Crippen molar-refractivity contribution >= 4 is 28.5 Å². The van der Waals surface area contributed by atoms with Crippen molar-refractivity contribution in [2.75, 3.05) is 5.75 Å². The van der Waals surface area contributed by atoms with Gasteiger partial charge in [0.25, 0.3) is 5.91 Å². The van der Waals surface area contributed by atoms with E-state index in [1.807, 2.05) is 60.7 Å². The van der Waals surface area contributed by atoms with E-state index in [1.54, 1.807) is 0 Å². The molecule has 2 aliphatic heterocycles. The van der Waals surface area contributed by atoms with Crippen LogP contribution >= 0.6 is 11.8 Å². The molecule has 2 aliphatic rings. The molecule has 1 fully saturated rings. The van der Waals surface area contributed by atoms with Crippen LogP contribution in [0, 0.1) is 0 Å². The van der Waals surface area contributed by atoms with Gasteiger partial charge < -0.3 is 0 Å². The summed E-state index contributed by atoms with van der Waals surface area (Å²) in [5.74, 6) is 0.398. The number of hydrogen-bond donors (Lipinski definition) is 0. The van der Waals surface area contributed by atoms with Gasteiger partial charge in [0, 0.05) is 5.56 Å². The van der Waals surface area contributed by atoms with Crippen LogP contribution in [-0.2, 0) is 4.79 Å². The number of thioether (sulfide) groups is 1. The summed E-state index contributed by atoms with van der Waals surface area (Å²) in [6.45, 7) is 0. The molecule has 0 radical (unpaired) electrons. The number of nitrogens with zero attached hydrogens (tertiary/aromatic N) is 3. The fourth-order valence-electron chi connectivity index (χ4n) is 2.57. The van der Waals surface area contributed by atoms with Gasteiger partial charge in [-0.2, -0.15) is 10.1 Å². The summed E-state index contributed by atoms with van der Waals surface area (Å²) in [4.78, 5) is 16.7. The van der Waals surface area contributed by atoms with E-state index in [-0.39, 0.29) is 11.9 Å². The van der Waals surface area contributed by atoms with Crippen molar-refractivity contribution in [1.29, 1.82) is 0 Å². The maximum atomic E-state index is 11.9. The van der Waals surface area contributed by atoms with Crippen molar-refractivity contribution in [3.8, 4) is 0 Å². The lowest BCUT2D eigenvalue weighted by molar-refractivity contribution is -0.124. The minimum Gasteiger partial charge on any atom is -0.271 e. The minimum absolute atomic E-state index is 0.0105. The molecule has 0 unspecified atom stereocenters. The molecular weight excluding hydrogens is 294 g/mol. The molecule has 0 saturated carbocycles. The molecule has 2 heterocycles. The van der Waals surface area contributed by atoms with Gasteiger partial charge >= 0.3 is 0 Å². The first kappa shape index (κ1) is 13.3. The lowest BCUT2D eigenvalue weighted by Gasteiger charge is -2.24. The second kappa shape index (κ2) is 5.42. The first-order chi connectivity index (χ1) is 10.8. The second-order valence-corrected chi connectivity index (χ2v) is 6.01. The molecule has 2 aromatic carbocycles. The first-order valence-corrected chi connectivity index (χ1v) is 8.04. The van der Waals surface area contributed by atoms with Gasteiger partial charge in [0.2, 0.25) is 0 Å². The zero-order valence-electron chi connectivity index (χ0n) is 11.7. The summed E-state index contributed by atoms with van der Waals surface area (Å²) in [5.41, 5.74) is 2.88. The molecule has 2 aromatic rings. The number of amides is 1. The highest BCUT2D eigenvalue weighted by Crippen LogP contribution is 2.32. The SMILES string of the molecule is O=C1CSC2=N[C@H](c3ccccc3)C(c3ccccc3)=NN12. The standard InChI is InChI=1S/C17H13N3OS/c21-14-11-22-17-18-15(12-7-3-1-4-8-12)16(19-20(14)17)13-9-5-2-6-10-13/h1-10,15H,11H2/t15-/m1/s1. The number of amidine groups is 1. The smallest absolute Gasteiger partial charge is 0.259 e. The molecule has 0 spiro atoms. The average molecular weight is 307 g/mol. The van der Waals surface area contributed by atoms with Crippen molar-refractivity contribution in [2.24, 2.45) is 10.1 Å². The number of fused-ring (bicyclic) bond motifs is 1. The van der Waals surface area contributed by atoms with E-state index in [4.69, 9.17) is 4.99 Å². The van der Waals surface area contributed by atoms with Crippen LogP contribution in [0.2, 0.25) is 0 Å². The number of benzene rings is 2. The molecule has 0 aliphatic carbocycles. The zero-order valence-corrected chi connectivity index (χ0v) is 12.5. The Hall–Kier alpha value is -2.40. The summed E-state index contributed by atoms with van der Waals surface area (Å²) in [6, 6.07) is 19.8. The summed E-state index contributed by atoms with van der Waals surface area (Å²) in [7, 11) is 0. The van der Waals surface area contributed by atoms with E-state index in [1.165, 1.54) is 16.8 Å². The third kappa shape index (κ3) is 2.23. The Labute approximate surface area is 132 Å². The molecule has 108 valence electrons. The first-order valence-electron chi connectivity index (χ1n) is 7.05. The predicted molar refractivity (Wildman–Crippen MR) is 88.9 cm³/mol. The molecule has 0 bridgehead atoms. The Morgan fingerprint density at radius 1 is 1.00 bits per heavy atom. The number of carbonyl (C=O) groups excluding carboxylic acids is 1. The lowest BCUT2D eigenvalue weighted by atomic mass is 9.97. The summed E-state index contributed by atoms with van der Waals surface area (Å²) in [6.07, 6.45) is 0. The summed E-state index contributed by atoms with van der Waals surface area (Å²) < 4.78 is 0. The Bertz CT molecular complexity index is 771. The average Bonchev–Trinajstić information content (AvgIpc) is 2.96. The topological polar surface area (TPSA) is 45.0 Å². The van der Waals surface area contributed by atoms with Crippen LogP contribution in [0.1, 0.15) is 17.2 Å². The maximum absolute atomic E-state index is 11.9. The molecule has 0 N–H and O–H groups in total. The van der Waals surface area contributed by atoms with Crippen LogP contribution in [0.3, 0.4) is 0 Å². The van der Waals surface area contributed by atoms with Gasteiger partial charge in [-0.1, -0.05) is 72.4 Å². The predicted octanol–water partition coefficient (Wildman–Crippen LogP) is 3.08. The fourth-order valence-corrected chi connectivity index (χ4v) is 3.39. The fraction of sp³-hybridized carbons (Fsp3) is 0.118. The van der Waals surface area contributed by atoms with Crippen LogP contribution in [0.5, 0.6) is 0 Å². The van der Waals surface area contributed by atoms with Gasteiger partial charge in [-0.3, -0.25) is 4.79 Å². The van der Waals surface area contributed by atoms with Crippen LogP contribution in [0.4, 0.5) is 0 Å². The third-order valence-corrected chi connectivity index (χ3v) is 4.56.